The van der Waals surface area contributed by atoms with E-state index in [0.29, 0.717) is 0 Å². The molecule has 2 N–H and O–H groups in total. The molecule has 0 spiro atoms. The summed E-state index contributed by atoms with van der Waals surface area (Å²) in [6, 6.07) is -0.173. The van der Waals surface area contributed by atoms with E-state index in [2.05, 4.69) is 26.0 Å². The Morgan fingerprint density at radius 2 is 2.19 bits per heavy atom. The summed E-state index contributed by atoms with van der Waals surface area (Å²) >= 11 is 5.11. The van der Waals surface area contributed by atoms with Gasteiger partial charge >= 0.3 is 0 Å². The number of hydrogen-bond donors (Lipinski definition) is 1. The van der Waals surface area contributed by atoms with Crippen molar-refractivity contribution in [1.82, 2.24) is 14.8 Å². The van der Waals surface area contributed by atoms with E-state index in [-0.39, 0.29) is 6.04 Å². The van der Waals surface area contributed by atoms with Gasteiger partial charge in [0, 0.05) is 7.05 Å². The second kappa shape index (κ2) is 4.27. The van der Waals surface area contributed by atoms with E-state index in [4.69, 9.17) is 5.73 Å². The number of aromatic nitrogens is 3. The van der Waals surface area contributed by atoms with Gasteiger partial charge in [-0.3, -0.25) is 4.68 Å². The van der Waals surface area contributed by atoms with Gasteiger partial charge in [0.1, 0.15) is 0 Å². The first-order valence-corrected chi connectivity index (χ1v) is 6.48. The molecule has 6 heteroatoms. The first-order valence-electron chi connectivity index (χ1n) is 4.87. The molecule has 0 aliphatic heterocycles. The third kappa shape index (κ3) is 1.92. The fraction of sp³-hybridized carbons (Fsp3) is 0.400. The van der Waals surface area contributed by atoms with E-state index in [9.17, 15) is 0 Å². The fourth-order valence-electron chi connectivity index (χ4n) is 1.73. The number of hydrogen-bond acceptors (Lipinski definition) is 4. The second-order valence-electron chi connectivity index (χ2n) is 3.66. The summed E-state index contributed by atoms with van der Waals surface area (Å²) < 4.78 is 2.73. The average Bonchev–Trinajstić information content (AvgIpc) is 2.70. The fourth-order valence-corrected chi connectivity index (χ4v) is 3.26. The van der Waals surface area contributed by atoms with Gasteiger partial charge in [0.15, 0.2) is 0 Å². The highest BCUT2D eigenvalue weighted by Gasteiger charge is 2.20. The molecule has 0 amide bonds. The molecule has 4 nitrogen and oxygen atoms in total. The van der Waals surface area contributed by atoms with E-state index >= 15 is 0 Å². The van der Waals surface area contributed by atoms with Crippen LogP contribution in [0.4, 0.5) is 0 Å². The first-order chi connectivity index (χ1) is 7.50. The monoisotopic (exact) mass is 300 g/mol. The molecule has 0 aliphatic carbocycles. The molecular weight excluding hydrogens is 288 g/mol. The number of aryl methyl sites for hydroxylation is 3. The van der Waals surface area contributed by atoms with Crippen molar-refractivity contribution in [3.63, 3.8) is 0 Å². The topological polar surface area (TPSA) is 56.7 Å². The Labute approximate surface area is 107 Å². The third-order valence-electron chi connectivity index (χ3n) is 2.45. The molecule has 0 aliphatic rings. The summed E-state index contributed by atoms with van der Waals surface area (Å²) in [5, 5.41) is 5.22. The van der Waals surface area contributed by atoms with Gasteiger partial charge in [-0.2, -0.15) is 5.10 Å². The van der Waals surface area contributed by atoms with Gasteiger partial charge in [-0.1, -0.05) is 0 Å². The molecule has 1 atom stereocenters. The molecule has 2 aromatic heterocycles. The van der Waals surface area contributed by atoms with Crippen LogP contribution in [0.3, 0.4) is 0 Å². The van der Waals surface area contributed by atoms with Crippen molar-refractivity contribution in [1.29, 1.82) is 0 Å². The Kier molecular flexibility index (Phi) is 3.14. The molecule has 0 saturated carbocycles. The summed E-state index contributed by atoms with van der Waals surface area (Å²) in [7, 11) is 1.89. The molecule has 86 valence electrons. The van der Waals surface area contributed by atoms with Crippen LogP contribution < -0.4 is 5.73 Å². The normalized spacial score (nSPS) is 13.1. The Morgan fingerprint density at radius 3 is 2.62 bits per heavy atom. The van der Waals surface area contributed by atoms with Crippen LogP contribution in [-0.2, 0) is 7.05 Å². The van der Waals surface area contributed by atoms with Gasteiger partial charge < -0.3 is 5.73 Å². The zero-order valence-electron chi connectivity index (χ0n) is 9.36. The summed E-state index contributed by atoms with van der Waals surface area (Å²) in [6.07, 6.45) is 1.76. The van der Waals surface area contributed by atoms with Gasteiger partial charge in [-0.25, -0.2) is 4.98 Å². The van der Waals surface area contributed by atoms with Gasteiger partial charge in [0.2, 0.25) is 0 Å². The second-order valence-corrected chi connectivity index (χ2v) is 5.75. The number of nitrogens with two attached hydrogens (primary N) is 1. The highest BCUT2D eigenvalue weighted by molar-refractivity contribution is 9.10. The highest BCUT2D eigenvalue weighted by atomic mass is 79.9. The molecule has 0 saturated heterocycles. The lowest BCUT2D eigenvalue weighted by Gasteiger charge is -2.11. The van der Waals surface area contributed by atoms with Crippen LogP contribution in [0, 0.1) is 13.8 Å². The summed E-state index contributed by atoms with van der Waals surface area (Å²) in [6.45, 7) is 3.98. The van der Waals surface area contributed by atoms with Gasteiger partial charge in [-0.15, -0.1) is 11.3 Å². The Bertz CT molecular complexity index is 497. The molecule has 0 radical (unpaired) electrons. The van der Waals surface area contributed by atoms with Crippen LogP contribution in [0.2, 0.25) is 0 Å². The molecular formula is C10H13BrN4S. The van der Waals surface area contributed by atoms with Crippen molar-refractivity contribution in [3.8, 4) is 0 Å². The number of halogens is 1. The van der Waals surface area contributed by atoms with Crippen LogP contribution in [0.25, 0.3) is 0 Å². The molecule has 0 fully saturated rings. The third-order valence-corrected chi connectivity index (χ3v) is 4.22. The predicted octanol–water partition coefficient (Wildman–Crippen LogP) is 2.30. The lowest BCUT2D eigenvalue weighted by Crippen LogP contribution is -2.16. The molecule has 0 bridgehead atoms. The minimum atomic E-state index is -0.173. The van der Waals surface area contributed by atoms with Crippen LogP contribution in [-0.4, -0.2) is 14.8 Å². The molecule has 1 unspecified atom stereocenters. The van der Waals surface area contributed by atoms with Crippen LogP contribution >= 0.6 is 27.3 Å². The zero-order chi connectivity index (χ0) is 11.9. The van der Waals surface area contributed by atoms with E-state index in [1.807, 2.05) is 20.9 Å². The maximum Gasteiger partial charge on any atom is 0.0900 e. The predicted molar refractivity (Wildman–Crippen MR) is 68.5 cm³/mol. The quantitative estimate of drug-likeness (QED) is 0.926. The SMILES string of the molecule is Cc1nc(C)c(C(N)c2c(Br)cnn2C)s1. The standard InChI is InChI=1S/C10H13BrN4S/c1-5-10(16-6(2)14-5)8(12)9-7(11)4-13-15(9)3/h4,8H,12H2,1-3H3. The molecule has 2 aromatic rings. The van der Waals surface area contributed by atoms with Crippen molar-refractivity contribution in [2.24, 2.45) is 12.8 Å². The lowest BCUT2D eigenvalue weighted by molar-refractivity contribution is 0.674. The number of nitrogens with zero attached hydrogens (tertiary/aromatic N) is 3. The summed E-state index contributed by atoms with van der Waals surface area (Å²) in [4.78, 5) is 5.49. The molecule has 2 rings (SSSR count). The molecule has 2 heterocycles. The van der Waals surface area contributed by atoms with Crippen molar-refractivity contribution in [3.05, 3.63) is 31.9 Å². The van der Waals surface area contributed by atoms with Crippen LogP contribution in [0.5, 0.6) is 0 Å². The van der Waals surface area contributed by atoms with E-state index in [0.717, 1.165) is 25.7 Å². The van der Waals surface area contributed by atoms with Crippen molar-refractivity contribution in [2.45, 2.75) is 19.9 Å². The summed E-state index contributed by atoms with van der Waals surface area (Å²) in [5.41, 5.74) is 8.24. The van der Waals surface area contributed by atoms with Gasteiger partial charge in [0.05, 0.1) is 38.0 Å². The van der Waals surface area contributed by atoms with E-state index in [1.54, 1.807) is 22.2 Å². The van der Waals surface area contributed by atoms with Gasteiger partial charge in [-0.05, 0) is 29.8 Å². The largest absolute Gasteiger partial charge is 0.318 e. The molecule has 16 heavy (non-hydrogen) atoms. The highest BCUT2D eigenvalue weighted by Crippen LogP contribution is 2.31. The summed E-state index contributed by atoms with van der Waals surface area (Å²) in [5.74, 6) is 0. The van der Waals surface area contributed by atoms with Crippen LogP contribution in [0.1, 0.15) is 27.3 Å². The van der Waals surface area contributed by atoms with Crippen molar-refractivity contribution >= 4 is 27.3 Å². The smallest absolute Gasteiger partial charge is 0.0900 e. The Hall–Kier alpha value is -0.720. The first kappa shape index (κ1) is 11.8. The number of thiazole rings is 1. The van der Waals surface area contributed by atoms with Gasteiger partial charge in [0.25, 0.3) is 0 Å². The van der Waals surface area contributed by atoms with E-state index < -0.39 is 0 Å². The maximum absolute atomic E-state index is 6.26. The Balaban J connectivity index is 2.46. The minimum absolute atomic E-state index is 0.173. The van der Waals surface area contributed by atoms with Crippen molar-refractivity contribution in [2.75, 3.05) is 0 Å². The van der Waals surface area contributed by atoms with E-state index in [1.165, 1.54) is 0 Å². The molecule has 0 aromatic carbocycles. The average molecular weight is 301 g/mol. The maximum atomic E-state index is 6.26. The van der Waals surface area contributed by atoms with Crippen LogP contribution in [0.15, 0.2) is 10.7 Å². The number of rotatable bonds is 2. The van der Waals surface area contributed by atoms with Crippen molar-refractivity contribution < 1.29 is 0 Å². The minimum Gasteiger partial charge on any atom is -0.318 e. The Morgan fingerprint density at radius 1 is 1.50 bits per heavy atom. The lowest BCUT2D eigenvalue weighted by atomic mass is 10.1. The zero-order valence-corrected chi connectivity index (χ0v) is 11.8.